The first-order valence-electron chi connectivity index (χ1n) is 9.60. The van der Waals surface area contributed by atoms with Gasteiger partial charge in [-0.15, -0.1) is 5.10 Å². The summed E-state index contributed by atoms with van der Waals surface area (Å²) in [7, 11) is 0. The van der Waals surface area contributed by atoms with E-state index in [0.717, 1.165) is 12.2 Å². The van der Waals surface area contributed by atoms with E-state index < -0.39 is 42.4 Å². The smallest absolute Gasteiger partial charge is 0.329 e. The predicted molar refractivity (Wildman–Crippen MR) is 105 cm³/mol. The zero-order valence-electron chi connectivity index (χ0n) is 16.8. The molecule has 4 N–H and O–H groups in total. The van der Waals surface area contributed by atoms with Crippen LogP contribution in [0.5, 0.6) is 0 Å². The number of nitrogens with zero attached hydrogens (tertiary/aromatic N) is 5. The number of hydrogen-bond acceptors (Lipinski definition) is 11. The van der Waals surface area contributed by atoms with Crippen LogP contribution in [0, 0.1) is 0 Å². The third-order valence-electron chi connectivity index (χ3n) is 4.99. The number of anilines is 1. The van der Waals surface area contributed by atoms with Crippen molar-refractivity contribution < 1.29 is 29.2 Å². The number of fused-ring (bicyclic) bond motifs is 2. The number of aliphatic hydroxyl groups excluding tert-OH is 1. The molecule has 1 saturated heterocycles. The van der Waals surface area contributed by atoms with E-state index in [4.69, 9.17) is 25.1 Å². The third-order valence-corrected chi connectivity index (χ3v) is 6.05. The summed E-state index contributed by atoms with van der Waals surface area (Å²) in [5, 5.41) is 28.7. The van der Waals surface area contributed by atoms with Gasteiger partial charge in [0.25, 0.3) is 0 Å². The third kappa shape index (κ3) is 3.50. The van der Waals surface area contributed by atoms with Crippen molar-refractivity contribution in [2.75, 3.05) is 18.1 Å². The average Bonchev–Trinajstić information content (AvgIpc) is 3.28. The minimum absolute atomic E-state index is 0.139. The van der Waals surface area contributed by atoms with Gasteiger partial charge in [0.1, 0.15) is 18.8 Å². The molecule has 30 heavy (non-hydrogen) atoms. The number of carbonyl (C=O) groups is 1. The van der Waals surface area contributed by atoms with E-state index >= 15 is 0 Å². The Hall–Kier alpha value is -2.06. The Morgan fingerprint density at radius 3 is 2.90 bits per heavy atom. The maximum Gasteiger partial charge on any atom is 0.329 e. The number of nitrogens with two attached hydrogens (primary N) is 1. The summed E-state index contributed by atoms with van der Waals surface area (Å²) in [6, 6.07) is -0.570. The molecule has 2 aliphatic rings. The average molecular weight is 440 g/mol. The van der Waals surface area contributed by atoms with E-state index in [-0.39, 0.29) is 12.2 Å². The number of nitrogen functional groups attached to an aromatic ring is 1. The van der Waals surface area contributed by atoms with Gasteiger partial charge < -0.3 is 30.2 Å². The second-order valence-electron chi connectivity index (χ2n) is 7.71. The number of carboxylic acids is 1. The maximum atomic E-state index is 11.1. The number of rotatable bonds is 7. The van der Waals surface area contributed by atoms with Gasteiger partial charge in [0.2, 0.25) is 5.79 Å². The number of aliphatic hydroxyl groups is 1. The van der Waals surface area contributed by atoms with Gasteiger partial charge in [-0.25, -0.2) is 19.4 Å². The summed E-state index contributed by atoms with van der Waals surface area (Å²) in [6.07, 6.45) is -0.903. The van der Waals surface area contributed by atoms with Crippen LogP contribution in [0.25, 0.3) is 11.2 Å². The van der Waals surface area contributed by atoms with Gasteiger partial charge >= 0.3 is 5.97 Å². The van der Waals surface area contributed by atoms with Crippen LogP contribution in [0.1, 0.15) is 39.7 Å². The fraction of sp³-hybridized carbons (Fsp3) is 0.706. The van der Waals surface area contributed by atoms with Crippen molar-refractivity contribution in [2.45, 2.75) is 68.6 Å². The Morgan fingerprint density at radius 1 is 1.43 bits per heavy atom. The summed E-state index contributed by atoms with van der Waals surface area (Å²) in [6.45, 7) is 4.74. The lowest BCUT2D eigenvalue weighted by molar-refractivity contribution is -0.285. The molecule has 13 heteroatoms. The molecule has 4 rings (SSSR count). The highest BCUT2D eigenvalue weighted by Crippen LogP contribution is 2.52. The fourth-order valence-corrected chi connectivity index (χ4v) is 4.60. The standard InChI is InChI=1S/C17H24N6O6S/c1-4-5-30-15-19-13(18)11-14(20-15)23(22-21-11)8-6-9(24)17(27-7-10(25)26)12(8)28-16(2,3)29-17/h8-9,12,24H,4-7H2,1-3H3,(H,25,26)(H2,18,19,20)/t8-,9+,12+,17-/m1/s1. The molecule has 12 nitrogen and oxygen atoms in total. The van der Waals surface area contributed by atoms with Gasteiger partial charge in [-0.3, -0.25) is 0 Å². The number of thioether (sulfide) groups is 1. The number of carboxylic acid groups (broad SMARTS) is 1. The van der Waals surface area contributed by atoms with Gasteiger partial charge in [0, 0.05) is 12.2 Å². The van der Waals surface area contributed by atoms with E-state index in [0.29, 0.717) is 16.3 Å². The Morgan fingerprint density at radius 2 is 2.20 bits per heavy atom. The van der Waals surface area contributed by atoms with E-state index in [9.17, 15) is 9.90 Å². The molecule has 0 spiro atoms. The second kappa shape index (κ2) is 7.57. The van der Waals surface area contributed by atoms with Crippen LogP contribution in [0.3, 0.4) is 0 Å². The lowest BCUT2D eigenvalue weighted by Gasteiger charge is -2.30. The Kier molecular flexibility index (Phi) is 5.34. The zero-order chi connectivity index (χ0) is 21.7. The molecule has 3 heterocycles. The van der Waals surface area contributed by atoms with Crippen molar-refractivity contribution in [3.05, 3.63) is 0 Å². The topological polar surface area (TPSA) is 168 Å². The number of aliphatic carboxylic acids is 1. The molecular formula is C17H24N6O6S. The van der Waals surface area contributed by atoms with Crippen LogP contribution >= 0.6 is 11.8 Å². The normalized spacial score (nSPS) is 30.1. The van der Waals surface area contributed by atoms with Crippen LogP contribution in [0.15, 0.2) is 5.16 Å². The van der Waals surface area contributed by atoms with Crippen molar-refractivity contribution in [3.8, 4) is 0 Å². The number of ether oxygens (including phenoxy) is 3. The fourth-order valence-electron chi connectivity index (χ4n) is 3.90. The van der Waals surface area contributed by atoms with Crippen molar-refractivity contribution in [1.29, 1.82) is 0 Å². The van der Waals surface area contributed by atoms with E-state index in [1.54, 1.807) is 13.8 Å². The molecule has 0 bridgehead atoms. The van der Waals surface area contributed by atoms with Gasteiger partial charge in [-0.2, -0.15) is 0 Å². The number of aromatic nitrogens is 5. The molecule has 1 aliphatic heterocycles. The molecule has 2 aromatic rings. The summed E-state index contributed by atoms with van der Waals surface area (Å²) in [5.41, 5.74) is 6.79. The van der Waals surface area contributed by atoms with Crippen molar-refractivity contribution in [3.63, 3.8) is 0 Å². The van der Waals surface area contributed by atoms with Crippen LogP contribution in [0.4, 0.5) is 5.82 Å². The summed E-state index contributed by atoms with van der Waals surface area (Å²) < 4.78 is 19.0. The Labute approximate surface area is 176 Å². The largest absolute Gasteiger partial charge is 0.480 e. The Bertz CT molecular complexity index is 970. The Balaban J connectivity index is 1.74. The van der Waals surface area contributed by atoms with Gasteiger partial charge in [0.05, 0.1) is 6.04 Å². The maximum absolute atomic E-state index is 11.1. The van der Waals surface area contributed by atoms with Crippen LogP contribution in [0.2, 0.25) is 0 Å². The molecule has 0 amide bonds. The molecule has 1 saturated carbocycles. The first-order chi connectivity index (χ1) is 14.2. The predicted octanol–water partition coefficient (Wildman–Crippen LogP) is 0.560. The molecule has 2 fully saturated rings. The molecule has 4 atom stereocenters. The van der Waals surface area contributed by atoms with Gasteiger partial charge in [0.15, 0.2) is 27.9 Å². The van der Waals surface area contributed by atoms with Crippen molar-refractivity contribution >= 4 is 34.7 Å². The lowest BCUT2D eigenvalue weighted by Crippen LogP contribution is -2.49. The quantitative estimate of drug-likeness (QED) is 0.405. The van der Waals surface area contributed by atoms with Gasteiger partial charge in [-0.05, 0) is 20.3 Å². The molecule has 1 aliphatic carbocycles. The SMILES string of the molecule is CCCSc1nc(N)c2nnn([C@@H]3C[C@H](O)[C@@]4(OCC(=O)O)OC(C)(C)O[C@@H]34)c2n1. The zero-order valence-corrected chi connectivity index (χ0v) is 17.6. The van der Waals surface area contributed by atoms with Gasteiger partial charge in [-0.1, -0.05) is 23.9 Å². The van der Waals surface area contributed by atoms with E-state index in [2.05, 4.69) is 27.2 Å². The summed E-state index contributed by atoms with van der Waals surface area (Å²) >= 11 is 1.47. The first kappa shape index (κ1) is 21.2. The summed E-state index contributed by atoms with van der Waals surface area (Å²) in [4.78, 5) is 19.9. The highest BCUT2D eigenvalue weighted by Gasteiger charge is 2.67. The highest BCUT2D eigenvalue weighted by atomic mass is 32.2. The molecular weight excluding hydrogens is 416 g/mol. The van der Waals surface area contributed by atoms with Crippen molar-refractivity contribution in [2.24, 2.45) is 0 Å². The van der Waals surface area contributed by atoms with E-state index in [1.165, 1.54) is 16.4 Å². The van der Waals surface area contributed by atoms with Crippen LogP contribution < -0.4 is 5.73 Å². The van der Waals surface area contributed by atoms with E-state index in [1.807, 2.05) is 0 Å². The summed E-state index contributed by atoms with van der Waals surface area (Å²) in [5.74, 6) is -2.90. The van der Waals surface area contributed by atoms with Crippen LogP contribution in [-0.4, -0.2) is 77.3 Å². The highest BCUT2D eigenvalue weighted by molar-refractivity contribution is 7.99. The molecule has 0 radical (unpaired) electrons. The van der Waals surface area contributed by atoms with Crippen LogP contribution in [-0.2, 0) is 19.0 Å². The molecule has 0 unspecified atom stereocenters. The second-order valence-corrected chi connectivity index (χ2v) is 8.77. The minimum atomic E-state index is -1.65. The number of hydrogen-bond donors (Lipinski definition) is 3. The minimum Gasteiger partial charge on any atom is -0.480 e. The molecule has 2 aromatic heterocycles. The molecule has 0 aromatic carbocycles. The molecule has 164 valence electrons. The first-order valence-corrected chi connectivity index (χ1v) is 10.6. The lowest BCUT2D eigenvalue weighted by atomic mass is 10.1. The monoisotopic (exact) mass is 440 g/mol. The van der Waals surface area contributed by atoms with Crippen molar-refractivity contribution in [1.82, 2.24) is 25.0 Å².